The fourth-order valence-corrected chi connectivity index (χ4v) is 1.41. The van der Waals surface area contributed by atoms with E-state index in [-0.39, 0.29) is 0 Å². The van der Waals surface area contributed by atoms with E-state index in [0.29, 0.717) is 0 Å². The minimum absolute atomic E-state index is 0.815. The fraction of sp³-hybridized carbons (Fsp3) is 0.0769. The second kappa shape index (κ2) is 3.97. The van der Waals surface area contributed by atoms with Crippen molar-refractivity contribution >= 4 is 5.69 Å². The van der Waals surface area contributed by atoms with Crippen LogP contribution in [0.5, 0.6) is 0 Å². The van der Waals surface area contributed by atoms with Gasteiger partial charge in [-0.05, 0) is 35.7 Å². The fourth-order valence-electron chi connectivity index (χ4n) is 1.41. The molecule has 0 fully saturated rings. The molecule has 1 heteroatoms. The number of rotatable bonds is 2. The van der Waals surface area contributed by atoms with Gasteiger partial charge in [0.1, 0.15) is 0 Å². The van der Waals surface area contributed by atoms with E-state index in [9.17, 15) is 0 Å². The SMILES string of the molecule is Nc1ccc(Cc2cc[c]cc2)cc1. The maximum Gasteiger partial charge on any atom is 0.0314 e. The Labute approximate surface area is 84.2 Å². The molecule has 0 unspecified atom stereocenters. The summed E-state index contributed by atoms with van der Waals surface area (Å²) >= 11 is 0. The predicted molar refractivity (Wildman–Crippen MR) is 58.9 cm³/mol. The molecule has 2 rings (SSSR count). The van der Waals surface area contributed by atoms with Crippen LogP contribution in [-0.4, -0.2) is 0 Å². The second-order valence-corrected chi connectivity index (χ2v) is 3.33. The summed E-state index contributed by atoms with van der Waals surface area (Å²) in [5, 5.41) is 0. The monoisotopic (exact) mass is 182 g/mol. The molecule has 2 aromatic rings. The molecule has 0 amide bonds. The van der Waals surface area contributed by atoms with Gasteiger partial charge in [0, 0.05) is 5.69 Å². The predicted octanol–water partition coefficient (Wildman–Crippen LogP) is 2.66. The van der Waals surface area contributed by atoms with Crippen LogP contribution in [0, 0.1) is 6.07 Å². The Bertz CT molecular complexity index is 389. The quantitative estimate of drug-likeness (QED) is 0.710. The highest BCUT2D eigenvalue weighted by atomic mass is 14.5. The Morgan fingerprint density at radius 1 is 0.857 bits per heavy atom. The number of nitrogen functional groups attached to an aromatic ring is 1. The number of benzene rings is 2. The number of nitrogens with two attached hydrogens (primary N) is 1. The van der Waals surface area contributed by atoms with Crippen molar-refractivity contribution in [2.45, 2.75) is 6.42 Å². The molecule has 0 aromatic heterocycles. The third kappa shape index (κ3) is 2.13. The lowest BCUT2D eigenvalue weighted by atomic mass is 10.1. The summed E-state index contributed by atoms with van der Waals surface area (Å²) in [5.41, 5.74) is 9.01. The van der Waals surface area contributed by atoms with Crippen LogP contribution in [0.3, 0.4) is 0 Å². The van der Waals surface area contributed by atoms with Crippen molar-refractivity contribution < 1.29 is 0 Å². The van der Waals surface area contributed by atoms with E-state index in [1.807, 2.05) is 24.3 Å². The van der Waals surface area contributed by atoms with Crippen LogP contribution in [0.2, 0.25) is 0 Å². The summed E-state index contributed by atoms with van der Waals surface area (Å²) in [6.07, 6.45) is 0.953. The molecule has 0 bridgehead atoms. The first kappa shape index (κ1) is 8.82. The molecular formula is C13H12N. The molecule has 14 heavy (non-hydrogen) atoms. The van der Waals surface area contributed by atoms with Crippen molar-refractivity contribution in [1.29, 1.82) is 0 Å². The van der Waals surface area contributed by atoms with Gasteiger partial charge in [0.15, 0.2) is 0 Å². The molecule has 2 aromatic carbocycles. The van der Waals surface area contributed by atoms with Gasteiger partial charge in [0.05, 0.1) is 0 Å². The minimum Gasteiger partial charge on any atom is -0.399 e. The molecule has 69 valence electrons. The first-order chi connectivity index (χ1) is 6.84. The van der Waals surface area contributed by atoms with Crippen LogP contribution in [0.1, 0.15) is 11.1 Å². The molecule has 0 atom stereocenters. The largest absolute Gasteiger partial charge is 0.399 e. The van der Waals surface area contributed by atoms with Crippen LogP contribution >= 0.6 is 0 Å². The van der Waals surface area contributed by atoms with Crippen LogP contribution in [0.4, 0.5) is 5.69 Å². The summed E-state index contributed by atoms with van der Waals surface area (Å²) in [6.45, 7) is 0. The lowest BCUT2D eigenvalue weighted by molar-refractivity contribution is 1.19. The molecule has 0 aliphatic heterocycles. The average Bonchev–Trinajstić information content (AvgIpc) is 2.23. The highest BCUT2D eigenvalue weighted by Gasteiger charge is 1.94. The third-order valence-corrected chi connectivity index (χ3v) is 2.18. The maximum atomic E-state index is 5.62. The van der Waals surface area contributed by atoms with E-state index < -0.39 is 0 Å². The van der Waals surface area contributed by atoms with E-state index in [4.69, 9.17) is 5.73 Å². The number of hydrogen-bond acceptors (Lipinski definition) is 1. The zero-order chi connectivity index (χ0) is 9.80. The van der Waals surface area contributed by atoms with Gasteiger partial charge in [-0.15, -0.1) is 0 Å². The van der Waals surface area contributed by atoms with E-state index in [2.05, 4.69) is 30.3 Å². The molecule has 0 spiro atoms. The number of anilines is 1. The molecule has 0 heterocycles. The Kier molecular flexibility index (Phi) is 2.50. The first-order valence-electron chi connectivity index (χ1n) is 4.64. The van der Waals surface area contributed by atoms with Gasteiger partial charge < -0.3 is 5.73 Å². The summed E-state index contributed by atoms with van der Waals surface area (Å²) < 4.78 is 0. The zero-order valence-corrected chi connectivity index (χ0v) is 7.90. The molecule has 1 nitrogen and oxygen atoms in total. The van der Waals surface area contributed by atoms with Gasteiger partial charge in [-0.2, -0.15) is 0 Å². The smallest absolute Gasteiger partial charge is 0.0314 e. The Hall–Kier alpha value is -1.76. The Balaban J connectivity index is 2.16. The van der Waals surface area contributed by atoms with E-state index in [1.165, 1.54) is 11.1 Å². The van der Waals surface area contributed by atoms with Gasteiger partial charge in [-0.1, -0.05) is 36.4 Å². The molecular weight excluding hydrogens is 170 g/mol. The molecule has 1 radical (unpaired) electrons. The van der Waals surface area contributed by atoms with Gasteiger partial charge in [-0.25, -0.2) is 0 Å². The summed E-state index contributed by atoms with van der Waals surface area (Å²) in [5.74, 6) is 0. The highest BCUT2D eigenvalue weighted by molar-refractivity contribution is 5.40. The maximum absolute atomic E-state index is 5.62. The Morgan fingerprint density at radius 3 is 2.07 bits per heavy atom. The van der Waals surface area contributed by atoms with Crippen molar-refractivity contribution in [3.63, 3.8) is 0 Å². The van der Waals surface area contributed by atoms with Crippen LogP contribution in [-0.2, 0) is 6.42 Å². The average molecular weight is 182 g/mol. The Morgan fingerprint density at radius 2 is 1.43 bits per heavy atom. The lowest BCUT2D eigenvalue weighted by Crippen LogP contribution is -1.89. The van der Waals surface area contributed by atoms with Gasteiger partial charge >= 0.3 is 0 Å². The number of hydrogen-bond donors (Lipinski definition) is 1. The van der Waals surface area contributed by atoms with Crippen molar-refractivity contribution in [3.8, 4) is 0 Å². The van der Waals surface area contributed by atoms with E-state index >= 15 is 0 Å². The molecule has 2 N–H and O–H groups in total. The van der Waals surface area contributed by atoms with Gasteiger partial charge in [0.25, 0.3) is 0 Å². The normalized spacial score (nSPS) is 10.0. The van der Waals surface area contributed by atoms with Crippen molar-refractivity contribution in [2.24, 2.45) is 0 Å². The standard InChI is InChI=1S/C13H12N/c14-13-8-6-12(7-9-13)10-11-4-2-1-3-5-11/h2-9H,10,14H2. The third-order valence-electron chi connectivity index (χ3n) is 2.18. The van der Waals surface area contributed by atoms with E-state index in [0.717, 1.165) is 12.1 Å². The van der Waals surface area contributed by atoms with Crippen molar-refractivity contribution in [3.05, 3.63) is 65.7 Å². The highest BCUT2D eigenvalue weighted by Crippen LogP contribution is 2.10. The summed E-state index contributed by atoms with van der Waals surface area (Å²) in [4.78, 5) is 0. The van der Waals surface area contributed by atoms with Crippen molar-refractivity contribution in [2.75, 3.05) is 5.73 Å². The van der Waals surface area contributed by atoms with Crippen molar-refractivity contribution in [1.82, 2.24) is 0 Å². The molecule has 0 aliphatic carbocycles. The van der Waals surface area contributed by atoms with Gasteiger partial charge in [0.2, 0.25) is 0 Å². The zero-order valence-electron chi connectivity index (χ0n) is 7.90. The van der Waals surface area contributed by atoms with Gasteiger partial charge in [-0.3, -0.25) is 0 Å². The van der Waals surface area contributed by atoms with E-state index in [1.54, 1.807) is 0 Å². The van der Waals surface area contributed by atoms with Crippen LogP contribution in [0.15, 0.2) is 48.5 Å². The lowest BCUT2D eigenvalue weighted by Gasteiger charge is -2.01. The topological polar surface area (TPSA) is 26.0 Å². The molecule has 0 saturated heterocycles. The second-order valence-electron chi connectivity index (χ2n) is 3.33. The summed E-state index contributed by atoms with van der Waals surface area (Å²) in [6, 6.07) is 19.0. The molecule has 0 aliphatic rings. The van der Waals surface area contributed by atoms with Crippen LogP contribution in [0.25, 0.3) is 0 Å². The molecule has 0 saturated carbocycles. The summed E-state index contributed by atoms with van der Waals surface area (Å²) in [7, 11) is 0. The minimum atomic E-state index is 0.815. The first-order valence-corrected chi connectivity index (χ1v) is 4.64. The van der Waals surface area contributed by atoms with Crippen LogP contribution < -0.4 is 5.73 Å².